The minimum atomic E-state index is -0.0947. The van der Waals surface area contributed by atoms with Crippen molar-refractivity contribution in [1.29, 1.82) is 0 Å². The van der Waals surface area contributed by atoms with E-state index in [2.05, 4.69) is 0 Å². The molecule has 96 valence electrons. The summed E-state index contributed by atoms with van der Waals surface area (Å²) in [5, 5.41) is 0. The molecule has 0 saturated heterocycles. The van der Waals surface area contributed by atoms with Crippen molar-refractivity contribution in [3.63, 3.8) is 0 Å². The quantitative estimate of drug-likeness (QED) is 0.586. The van der Waals surface area contributed by atoms with Crippen LogP contribution in [-0.2, 0) is 9.59 Å². The molecule has 0 N–H and O–H groups in total. The van der Waals surface area contributed by atoms with Crippen LogP contribution in [0.4, 0.5) is 11.4 Å². The second kappa shape index (κ2) is 6.50. The van der Waals surface area contributed by atoms with Gasteiger partial charge in [-0.15, -0.1) is 0 Å². The van der Waals surface area contributed by atoms with Crippen molar-refractivity contribution >= 4 is 23.4 Å². The number of para-hydroxylation sites is 2. The van der Waals surface area contributed by atoms with Crippen LogP contribution < -0.4 is 4.90 Å². The van der Waals surface area contributed by atoms with Gasteiger partial charge in [0.05, 0.1) is 13.0 Å². The van der Waals surface area contributed by atoms with Crippen LogP contribution in [0.1, 0.15) is 6.42 Å². The van der Waals surface area contributed by atoms with Gasteiger partial charge >= 0.3 is 0 Å². The van der Waals surface area contributed by atoms with Crippen LogP contribution >= 0.6 is 0 Å². The third kappa shape index (κ3) is 3.52. The maximum Gasteiger partial charge on any atom is 0.159 e. The molecule has 3 heteroatoms. The van der Waals surface area contributed by atoms with Crippen LogP contribution in [0.15, 0.2) is 60.7 Å². The van der Waals surface area contributed by atoms with Gasteiger partial charge in [-0.2, -0.15) is 0 Å². The highest BCUT2D eigenvalue weighted by atomic mass is 16.1. The standard InChI is InChI=1S/C16H15NO2/c18-12-11-16(19)13-17(14-7-3-1-4-8-14)15-9-5-2-6-10-15/h1-10,12H,11,13H2. The van der Waals surface area contributed by atoms with E-state index in [0.717, 1.165) is 11.4 Å². The van der Waals surface area contributed by atoms with Gasteiger partial charge < -0.3 is 9.69 Å². The van der Waals surface area contributed by atoms with E-state index in [1.165, 1.54) is 0 Å². The van der Waals surface area contributed by atoms with E-state index in [9.17, 15) is 9.59 Å². The molecule has 0 unspecified atom stereocenters. The van der Waals surface area contributed by atoms with Crippen LogP contribution in [0, 0.1) is 0 Å². The van der Waals surface area contributed by atoms with E-state index in [0.29, 0.717) is 6.29 Å². The summed E-state index contributed by atoms with van der Waals surface area (Å²) in [6, 6.07) is 19.3. The fourth-order valence-corrected chi connectivity index (χ4v) is 1.88. The van der Waals surface area contributed by atoms with Crippen LogP contribution in [0.3, 0.4) is 0 Å². The fourth-order valence-electron chi connectivity index (χ4n) is 1.88. The number of nitrogens with zero attached hydrogens (tertiary/aromatic N) is 1. The van der Waals surface area contributed by atoms with Crippen molar-refractivity contribution in [3.05, 3.63) is 60.7 Å². The minimum Gasteiger partial charge on any atom is -0.334 e. The fraction of sp³-hybridized carbons (Fsp3) is 0.125. The molecule has 0 aliphatic carbocycles. The maximum absolute atomic E-state index is 11.7. The maximum atomic E-state index is 11.7. The first kappa shape index (κ1) is 13.0. The number of hydrogen-bond acceptors (Lipinski definition) is 3. The molecule has 3 nitrogen and oxygen atoms in total. The highest BCUT2D eigenvalue weighted by Crippen LogP contribution is 2.24. The lowest BCUT2D eigenvalue weighted by molar-refractivity contribution is -0.121. The zero-order valence-corrected chi connectivity index (χ0v) is 10.5. The average molecular weight is 253 g/mol. The van der Waals surface area contributed by atoms with Gasteiger partial charge in [0.25, 0.3) is 0 Å². The van der Waals surface area contributed by atoms with Gasteiger partial charge in [0, 0.05) is 11.4 Å². The number of ketones is 1. The molecule has 2 aromatic rings. The number of anilines is 2. The van der Waals surface area contributed by atoms with Gasteiger partial charge in [-0.3, -0.25) is 4.79 Å². The third-order valence-corrected chi connectivity index (χ3v) is 2.78. The first-order valence-electron chi connectivity index (χ1n) is 6.14. The average Bonchev–Trinajstić information content (AvgIpc) is 2.47. The molecular weight excluding hydrogens is 238 g/mol. The third-order valence-electron chi connectivity index (χ3n) is 2.78. The van der Waals surface area contributed by atoms with Crippen LogP contribution in [0.2, 0.25) is 0 Å². The molecule has 0 radical (unpaired) electrons. The number of carbonyl (C=O) groups excluding carboxylic acids is 2. The van der Waals surface area contributed by atoms with E-state index >= 15 is 0 Å². The summed E-state index contributed by atoms with van der Waals surface area (Å²) in [5.41, 5.74) is 1.88. The minimum absolute atomic E-state index is 0.0455. The topological polar surface area (TPSA) is 37.4 Å². The SMILES string of the molecule is O=CCC(=O)CN(c1ccccc1)c1ccccc1. The van der Waals surface area contributed by atoms with Crippen LogP contribution in [-0.4, -0.2) is 18.6 Å². The summed E-state index contributed by atoms with van der Waals surface area (Å²) in [6.45, 7) is 0.201. The lowest BCUT2D eigenvalue weighted by atomic mass is 10.2. The predicted octanol–water partition coefficient (Wildman–Crippen LogP) is 2.98. The molecule has 19 heavy (non-hydrogen) atoms. The number of hydrogen-bond donors (Lipinski definition) is 0. The van der Waals surface area contributed by atoms with Crippen LogP contribution in [0.5, 0.6) is 0 Å². The Labute approximate surface area is 112 Å². The smallest absolute Gasteiger partial charge is 0.159 e. The van der Waals surface area contributed by atoms with E-state index < -0.39 is 0 Å². The Hall–Kier alpha value is -2.42. The van der Waals surface area contributed by atoms with Gasteiger partial charge in [0.1, 0.15) is 6.29 Å². The molecule has 0 atom stereocenters. The number of rotatable bonds is 6. The number of carbonyl (C=O) groups is 2. The molecule has 0 aliphatic heterocycles. The predicted molar refractivity (Wildman–Crippen MR) is 75.6 cm³/mol. The number of aldehydes is 1. The number of benzene rings is 2. The van der Waals surface area contributed by atoms with Crippen molar-refractivity contribution in [2.75, 3.05) is 11.4 Å². The summed E-state index contributed by atoms with van der Waals surface area (Å²) in [5.74, 6) is -0.0947. The Balaban J connectivity index is 2.29. The molecular formula is C16H15NO2. The van der Waals surface area contributed by atoms with Crippen molar-refractivity contribution in [3.8, 4) is 0 Å². The van der Waals surface area contributed by atoms with E-state index in [4.69, 9.17) is 0 Å². The molecule has 0 fully saturated rings. The molecule has 2 rings (SSSR count). The number of Topliss-reactive ketones (excluding diaryl/α,β-unsaturated/α-hetero) is 1. The summed E-state index contributed by atoms with van der Waals surface area (Å²) < 4.78 is 0. The molecule has 0 aromatic heterocycles. The van der Waals surface area contributed by atoms with E-state index in [1.807, 2.05) is 65.6 Å². The Morgan fingerprint density at radius 3 is 1.79 bits per heavy atom. The first-order valence-corrected chi connectivity index (χ1v) is 6.14. The largest absolute Gasteiger partial charge is 0.334 e. The first-order chi connectivity index (χ1) is 9.31. The monoisotopic (exact) mass is 253 g/mol. The lowest BCUT2D eigenvalue weighted by Crippen LogP contribution is -2.25. The molecule has 0 amide bonds. The second-order valence-electron chi connectivity index (χ2n) is 4.17. The summed E-state index contributed by atoms with van der Waals surface area (Å²) in [6.07, 6.45) is 0.604. The Bertz CT molecular complexity index is 498. The van der Waals surface area contributed by atoms with Crippen LogP contribution in [0.25, 0.3) is 0 Å². The van der Waals surface area contributed by atoms with Gasteiger partial charge in [0.15, 0.2) is 5.78 Å². The van der Waals surface area contributed by atoms with E-state index in [-0.39, 0.29) is 18.7 Å². The van der Waals surface area contributed by atoms with E-state index in [1.54, 1.807) is 0 Å². The summed E-state index contributed by atoms with van der Waals surface area (Å²) in [7, 11) is 0. The lowest BCUT2D eigenvalue weighted by Gasteiger charge is -2.24. The normalized spacial score (nSPS) is 9.89. The Kier molecular flexibility index (Phi) is 4.45. The van der Waals surface area contributed by atoms with Gasteiger partial charge in [-0.05, 0) is 24.3 Å². The van der Waals surface area contributed by atoms with Crippen molar-refractivity contribution in [2.24, 2.45) is 0 Å². The van der Waals surface area contributed by atoms with Gasteiger partial charge in [-0.25, -0.2) is 0 Å². The van der Waals surface area contributed by atoms with Gasteiger partial charge in [0.2, 0.25) is 0 Å². The molecule has 0 heterocycles. The highest BCUT2D eigenvalue weighted by molar-refractivity contribution is 5.94. The van der Waals surface area contributed by atoms with Crippen molar-refractivity contribution in [1.82, 2.24) is 0 Å². The zero-order chi connectivity index (χ0) is 13.5. The molecule has 0 aliphatic rings. The summed E-state index contributed by atoms with van der Waals surface area (Å²) >= 11 is 0. The molecule has 0 bridgehead atoms. The molecule has 0 spiro atoms. The molecule has 0 saturated carbocycles. The molecule has 2 aromatic carbocycles. The summed E-state index contributed by atoms with van der Waals surface area (Å²) in [4.78, 5) is 24.1. The second-order valence-corrected chi connectivity index (χ2v) is 4.17. The zero-order valence-electron chi connectivity index (χ0n) is 10.5. The van der Waals surface area contributed by atoms with Crippen molar-refractivity contribution in [2.45, 2.75) is 6.42 Å². The van der Waals surface area contributed by atoms with Gasteiger partial charge in [-0.1, -0.05) is 36.4 Å². The Morgan fingerprint density at radius 2 is 1.37 bits per heavy atom. The Morgan fingerprint density at radius 1 is 0.895 bits per heavy atom. The van der Waals surface area contributed by atoms with Crippen molar-refractivity contribution < 1.29 is 9.59 Å². The highest BCUT2D eigenvalue weighted by Gasteiger charge is 2.12.